The van der Waals surface area contributed by atoms with Crippen LogP contribution in [0.15, 0.2) is 42.6 Å². The summed E-state index contributed by atoms with van der Waals surface area (Å²) < 4.78 is 5.33. The molecule has 0 aliphatic carbocycles. The molecule has 1 fully saturated rings. The lowest BCUT2D eigenvalue weighted by Crippen LogP contribution is -2.36. The van der Waals surface area contributed by atoms with Crippen molar-refractivity contribution in [1.29, 1.82) is 0 Å². The standard InChI is InChI=1S/C17H19N3O2/c1-13-2-4-14(5-3-13)19-17(21)16-7-6-15(12-18-16)20-8-10-22-11-9-20/h2-7,12H,8-11H2,1H3,(H,19,21). The van der Waals surface area contributed by atoms with Crippen LogP contribution in [-0.4, -0.2) is 37.2 Å². The van der Waals surface area contributed by atoms with E-state index in [1.807, 2.05) is 37.3 Å². The first-order valence-corrected chi connectivity index (χ1v) is 7.39. The largest absolute Gasteiger partial charge is 0.378 e. The normalized spacial score (nSPS) is 14.7. The molecule has 2 heterocycles. The zero-order chi connectivity index (χ0) is 15.4. The van der Waals surface area contributed by atoms with E-state index < -0.39 is 0 Å². The van der Waals surface area contributed by atoms with Crippen molar-refractivity contribution < 1.29 is 9.53 Å². The maximum atomic E-state index is 12.2. The summed E-state index contributed by atoms with van der Waals surface area (Å²) in [5.41, 5.74) is 3.37. The lowest BCUT2D eigenvalue weighted by molar-refractivity contribution is 0.102. The second kappa shape index (κ2) is 6.58. The highest BCUT2D eigenvalue weighted by atomic mass is 16.5. The second-order valence-corrected chi connectivity index (χ2v) is 5.32. The Kier molecular flexibility index (Phi) is 4.34. The van der Waals surface area contributed by atoms with Gasteiger partial charge >= 0.3 is 0 Å². The summed E-state index contributed by atoms with van der Waals surface area (Å²) in [5, 5.41) is 2.85. The van der Waals surface area contributed by atoms with Gasteiger partial charge in [-0.2, -0.15) is 0 Å². The fraction of sp³-hybridized carbons (Fsp3) is 0.294. The maximum absolute atomic E-state index is 12.2. The molecule has 2 aromatic rings. The summed E-state index contributed by atoms with van der Waals surface area (Å²) in [6, 6.07) is 11.4. The molecule has 0 unspecified atom stereocenters. The minimum absolute atomic E-state index is 0.197. The Bertz CT molecular complexity index is 632. The van der Waals surface area contributed by atoms with Gasteiger partial charge < -0.3 is 15.0 Å². The quantitative estimate of drug-likeness (QED) is 0.945. The molecule has 3 rings (SSSR count). The van der Waals surface area contributed by atoms with Crippen LogP contribution in [0.1, 0.15) is 16.1 Å². The van der Waals surface area contributed by atoms with Crippen LogP contribution in [0.2, 0.25) is 0 Å². The molecule has 0 atom stereocenters. The van der Waals surface area contributed by atoms with Gasteiger partial charge in [0, 0.05) is 18.8 Å². The molecule has 0 bridgehead atoms. The van der Waals surface area contributed by atoms with Crippen LogP contribution in [0, 0.1) is 6.92 Å². The summed E-state index contributed by atoms with van der Waals surface area (Å²) in [7, 11) is 0. The molecule has 0 radical (unpaired) electrons. The van der Waals surface area contributed by atoms with Crippen molar-refractivity contribution in [2.45, 2.75) is 6.92 Å². The molecule has 1 amide bonds. The molecule has 0 saturated carbocycles. The second-order valence-electron chi connectivity index (χ2n) is 5.32. The van der Waals surface area contributed by atoms with E-state index in [9.17, 15) is 4.79 Å². The van der Waals surface area contributed by atoms with Gasteiger partial charge in [-0.15, -0.1) is 0 Å². The van der Waals surface area contributed by atoms with Gasteiger partial charge in [-0.05, 0) is 31.2 Å². The van der Waals surface area contributed by atoms with Gasteiger partial charge in [-0.25, -0.2) is 4.98 Å². The summed E-state index contributed by atoms with van der Waals surface area (Å²) >= 11 is 0. The fourth-order valence-electron chi connectivity index (χ4n) is 2.36. The number of aryl methyl sites for hydroxylation is 1. The molecule has 0 spiro atoms. The minimum atomic E-state index is -0.197. The monoisotopic (exact) mass is 297 g/mol. The van der Waals surface area contributed by atoms with Crippen molar-refractivity contribution in [2.75, 3.05) is 36.5 Å². The highest BCUT2D eigenvalue weighted by Crippen LogP contribution is 2.15. The Morgan fingerprint density at radius 1 is 1.14 bits per heavy atom. The van der Waals surface area contributed by atoms with Crippen LogP contribution in [0.25, 0.3) is 0 Å². The average Bonchev–Trinajstić information content (AvgIpc) is 2.58. The van der Waals surface area contributed by atoms with Crippen LogP contribution in [0.4, 0.5) is 11.4 Å². The van der Waals surface area contributed by atoms with E-state index in [1.165, 1.54) is 0 Å². The summed E-state index contributed by atoms with van der Waals surface area (Å²) in [5.74, 6) is -0.197. The van der Waals surface area contributed by atoms with Crippen molar-refractivity contribution in [3.8, 4) is 0 Å². The van der Waals surface area contributed by atoms with Crippen LogP contribution in [-0.2, 0) is 4.74 Å². The average molecular weight is 297 g/mol. The third kappa shape index (κ3) is 3.43. The predicted octanol–water partition coefficient (Wildman–Crippen LogP) is 2.48. The number of hydrogen-bond acceptors (Lipinski definition) is 4. The van der Waals surface area contributed by atoms with E-state index in [2.05, 4.69) is 15.2 Å². The lowest BCUT2D eigenvalue weighted by Gasteiger charge is -2.28. The highest BCUT2D eigenvalue weighted by molar-refractivity contribution is 6.02. The van der Waals surface area contributed by atoms with Crippen molar-refractivity contribution in [3.05, 3.63) is 53.9 Å². The number of rotatable bonds is 3. The van der Waals surface area contributed by atoms with Gasteiger partial charge in [0.1, 0.15) is 5.69 Å². The van der Waals surface area contributed by atoms with Gasteiger partial charge in [0.2, 0.25) is 0 Å². The minimum Gasteiger partial charge on any atom is -0.378 e. The van der Waals surface area contributed by atoms with Gasteiger partial charge in [-0.1, -0.05) is 17.7 Å². The number of anilines is 2. The van der Waals surface area contributed by atoms with Gasteiger partial charge in [0.05, 0.1) is 25.1 Å². The number of pyridine rings is 1. The van der Waals surface area contributed by atoms with Crippen molar-refractivity contribution in [1.82, 2.24) is 4.98 Å². The number of benzene rings is 1. The number of nitrogens with one attached hydrogen (secondary N) is 1. The van der Waals surface area contributed by atoms with E-state index >= 15 is 0 Å². The molecular weight excluding hydrogens is 278 g/mol. The van der Waals surface area contributed by atoms with Crippen LogP contribution in [0.5, 0.6) is 0 Å². The van der Waals surface area contributed by atoms with E-state index in [4.69, 9.17) is 4.74 Å². The molecule has 114 valence electrons. The molecule has 1 N–H and O–H groups in total. The number of carbonyl (C=O) groups excluding carboxylic acids is 1. The van der Waals surface area contributed by atoms with Crippen LogP contribution < -0.4 is 10.2 Å². The van der Waals surface area contributed by atoms with Crippen LogP contribution >= 0.6 is 0 Å². The Labute approximate surface area is 129 Å². The summed E-state index contributed by atoms with van der Waals surface area (Å²) in [6.45, 7) is 5.19. The smallest absolute Gasteiger partial charge is 0.274 e. The predicted molar refractivity (Wildman–Crippen MR) is 86.4 cm³/mol. The summed E-state index contributed by atoms with van der Waals surface area (Å²) in [6.07, 6.45) is 1.75. The maximum Gasteiger partial charge on any atom is 0.274 e. The van der Waals surface area contributed by atoms with Gasteiger partial charge in [0.25, 0.3) is 5.91 Å². The Morgan fingerprint density at radius 3 is 2.50 bits per heavy atom. The van der Waals surface area contributed by atoms with Crippen molar-refractivity contribution in [2.24, 2.45) is 0 Å². The van der Waals surface area contributed by atoms with Crippen LogP contribution in [0.3, 0.4) is 0 Å². The molecule has 1 aromatic heterocycles. The van der Waals surface area contributed by atoms with E-state index in [0.29, 0.717) is 5.69 Å². The first kappa shape index (κ1) is 14.5. The lowest BCUT2D eigenvalue weighted by atomic mass is 10.2. The zero-order valence-electron chi connectivity index (χ0n) is 12.6. The van der Waals surface area contributed by atoms with E-state index in [0.717, 1.165) is 43.2 Å². The first-order chi connectivity index (χ1) is 10.7. The number of aromatic nitrogens is 1. The Morgan fingerprint density at radius 2 is 1.86 bits per heavy atom. The molecule has 1 saturated heterocycles. The SMILES string of the molecule is Cc1ccc(NC(=O)c2ccc(N3CCOCC3)cn2)cc1. The van der Waals surface area contributed by atoms with Gasteiger partial charge in [-0.3, -0.25) is 4.79 Å². The molecule has 1 aliphatic rings. The first-order valence-electron chi connectivity index (χ1n) is 7.39. The van der Waals surface area contributed by atoms with Crippen molar-refractivity contribution in [3.63, 3.8) is 0 Å². The van der Waals surface area contributed by atoms with E-state index in [1.54, 1.807) is 12.3 Å². The zero-order valence-corrected chi connectivity index (χ0v) is 12.6. The molecule has 22 heavy (non-hydrogen) atoms. The Balaban J connectivity index is 1.66. The highest BCUT2D eigenvalue weighted by Gasteiger charge is 2.13. The molecule has 5 heteroatoms. The number of morpholine rings is 1. The van der Waals surface area contributed by atoms with Gasteiger partial charge in [0.15, 0.2) is 0 Å². The topological polar surface area (TPSA) is 54.5 Å². The molecule has 1 aliphatic heterocycles. The van der Waals surface area contributed by atoms with E-state index in [-0.39, 0.29) is 5.91 Å². The third-order valence-corrected chi connectivity index (χ3v) is 3.67. The number of ether oxygens (including phenoxy) is 1. The summed E-state index contributed by atoms with van der Waals surface area (Å²) in [4.78, 5) is 18.7. The molecular formula is C17H19N3O2. The number of carbonyl (C=O) groups is 1. The van der Waals surface area contributed by atoms with Crippen molar-refractivity contribution >= 4 is 17.3 Å². The Hall–Kier alpha value is -2.40. The fourth-order valence-corrected chi connectivity index (χ4v) is 2.36. The number of amides is 1. The third-order valence-electron chi connectivity index (χ3n) is 3.67. The molecule has 5 nitrogen and oxygen atoms in total. The number of nitrogens with zero attached hydrogens (tertiary/aromatic N) is 2. The molecule has 1 aromatic carbocycles. The number of hydrogen-bond donors (Lipinski definition) is 1.